The van der Waals surface area contributed by atoms with Gasteiger partial charge >= 0.3 is 0 Å². The van der Waals surface area contributed by atoms with Crippen LogP contribution >= 0.6 is 0 Å². The largest absolute Gasteiger partial charge is 0.326 e. The number of piperazine rings is 1. The highest BCUT2D eigenvalue weighted by Gasteiger charge is 2.31. The van der Waals surface area contributed by atoms with Gasteiger partial charge in [0.15, 0.2) is 0 Å². The van der Waals surface area contributed by atoms with E-state index in [0.29, 0.717) is 19.6 Å². The van der Waals surface area contributed by atoms with Crippen molar-refractivity contribution in [3.05, 3.63) is 29.6 Å². The molecule has 0 aromatic heterocycles. The molecule has 0 amide bonds. The molecule has 0 spiro atoms. The lowest BCUT2D eigenvalue weighted by atomic mass is 10.2. The Hall–Kier alpha value is -1.02. The number of nitrogens with two attached hydrogens (primary N) is 1. The molecule has 1 aliphatic rings. The van der Waals surface area contributed by atoms with Gasteiger partial charge in [-0.1, -0.05) is 0 Å². The second-order valence-electron chi connectivity index (χ2n) is 5.15. The summed E-state index contributed by atoms with van der Waals surface area (Å²) in [6.45, 7) is 3.53. The van der Waals surface area contributed by atoms with Crippen LogP contribution in [-0.2, 0) is 16.6 Å². The van der Waals surface area contributed by atoms with Gasteiger partial charge in [0.2, 0.25) is 10.0 Å². The van der Waals surface area contributed by atoms with E-state index in [0.717, 1.165) is 6.07 Å². The van der Waals surface area contributed by atoms with Crippen LogP contribution in [0.15, 0.2) is 23.1 Å². The summed E-state index contributed by atoms with van der Waals surface area (Å²) in [5.41, 5.74) is 5.64. The third-order valence-corrected chi connectivity index (χ3v) is 5.66. The lowest BCUT2D eigenvalue weighted by Crippen LogP contribution is -2.51. The van der Waals surface area contributed by atoms with Crippen LogP contribution in [-0.4, -0.2) is 50.3 Å². The fourth-order valence-corrected chi connectivity index (χ4v) is 3.81. The van der Waals surface area contributed by atoms with Crippen LogP contribution in [0.2, 0.25) is 0 Å². The molecule has 20 heavy (non-hydrogen) atoms. The average Bonchev–Trinajstić information content (AvgIpc) is 2.42. The summed E-state index contributed by atoms with van der Waals surface area (Å²) in [5.74, 6) is -0.474. The molecule has 0 saturated carbocycles. The van der Waals surface area contributed by atoms with Gasteiger partial charge in [0.05, 0.1) is 4.90 Å². The maximum atomic E-state index is 13.4. The van der Waals surface area contributed by atoms with Crippen molar-refractivity contribution in [2.24, 2.45) is 5.73 Å². The zero-order valence-electron chi connectivity index (χ0n) is 11.7. The predicted octanol–water partition coefficient (Wildman–Crippen LogP) is 0.609. The average molecular weight is 301 g/mol. The van der Waals surface area contributed by atoms with Gasteiger partial charge in [0.1, 0.15) is 5.82 Å². The van der Waals surface area contributed by atoms with Crippen LogP contribution in [0.5, 0.6) is 0 Å². The lowest BCUT2D eigenvalue weighted by molar-refractivity contribution is 0.159. The van der Waals surface area contributed by atoms with E-state index in [1.807, 2.05) is 14.0 Å². The molecule has 1 saturated heterocycles. The summed E-state index contributed by atoms with van der Waals surface area (Å²) < 4.78 is 40.0. The monoisotopic (exact) mass is 301 g/mol. The number of hydrogen-bond donors (Lipinski definition) is 1. The summed E-state index contributed by atoms with van der Waals surface area (Å²) in [7, 11) is -1.61. The molecule has 1 fully saturated rings. The van der Waals surface area contributed by atoms with E-state index in [1.54, 1.807) is 0 Å². The van der Waals surface area contributed by atoms with Gasteiger partial charge in [0.25, 0.3) is 0 Å². The number of nitrogens with zero attached hydrogens (tertiary/aromatic N) is 2. The topological polar surface area (TPSA) is 66.6 Å². The van der Waals surface area contributed by atoms with Crippen LogP contribution in [0, 0.1) is 5.82 Å². The molecular weight excluding hydrogens is 281 g/mol. The SMILES string of the molecule is CC1CN(S(=O)(=O)c2ccc(F)c(CN)c2)CCN1C. The molecule has 0 radical (unpaired) electrons. The molecule has 5 nitrogen and oxygen atoms in total. The van der Waals surface area contributed by atoms with Crippen molar-refractivity contribution in [2.75, 3.05) is 26.7 Å². The van der Waals surface area contributed by atoms with Crippen LogP contribution in [0.4, 0.5) is 4.39 Å². The Morgan fingerprint density at radius 3 is 2.70 bits per heavy atom. The molecule has 1 aliphatic heterocycles. The first-order chi connectivity index (χ1) is 9.36. The van der Waals surface area contributed by atoms with Crippen LogP contribution in [0.3, 0.4) is 0 Å². The van der Waals surface area contributed by atoms with Gasteiger partial charge in [-0.3, -0.25) is 0 Å². The minimum Gasteiger partial charge on any atom is -0.326 e. The zero-order valence-corrected chi connectivity index (χ0v) is 12.5. The summed E-state index contributed by atoms with van der Waals surface area (Å²) in [5, 5.41) is 0. The first kappa shape index (κ1) is 15.4. The van der Waals surface area contributed by atoms with E-state index in [4.69, 9.17) is 5.73 Å². The lowest BCUT2D eigenvalue weighted by Gasteiger charge is -2.36. The number of halogens is 1. The van der Waals surface area contributed by atoms with Crippen molar-refractivity contribution in [2.45, 2.75) is 24.4 Å². The first-order valence-electron chi connectivity index (χ1n) is 6.55. The Morgan fingerprint density at radius 1 is 1.40 bits per heavy atom. The van der Waals surface area contributed by atoms with Gasteiger partial charge in [-0.05, 0) is 32.2 Å². The standard InChI is InChI=1S/C13H20FN3O2S/c1-10-9-17(6-5-16(10)2)20(18,19)12-3-4-13(14)11(7-12)8-15/h3-4,7,10H,5-6,8-9,15H2,1-2H3. The molecule has 112 valence electrons. The van der Waals surface area contributed by atoms with E-state index in [9.17, 15) is 12.8 Å². The molecule has 0 aliphatic carbocycles. The number of likely N-dealkylation sites (N-methyl/N-ethyl adjacent to an activating group) is 1. The Morgan fingerprint density at radius 2 is 2.10 bits per heavy atom. The van der Waals surface area contributed by atoms with E-state index in [2.05, 4.69) is 4.90 Å². The smallest absolute Gasteiger partial charge is 0.243 e. The first-order valence-corrected chi connectivity index (χ1v) is 7.99. The second-order valence-corrected chi connectivity index (χ2v) is 7.09. The summed E-state index contributed by atoms with van der Waals surface area (Å²) in [6.07, 6.45) is 0. The molecule has 1 heterocycles. The van der Waals surface area contributed by atoms with Crippen LogP contribution in [0.25, 0.3) is 0 Å². The fourth-order valence-electron chi connectivity index (χ4n) is 2.25. The Labute approximate surface area is 119 Å². The molecule has 1 aromatic rings. The van der Waals surface area contributed by atoms with Crippen molar-refractivity contribution in [1.29, 1.82) is 0 Å². The van der Waals surface area contributed by atoms with Gasteiger partial charge < -0.3 is 10.6 Å². The molecule has 1 atom stereocenters. The number of rotatable bonds is 3. The third-order valence-electron chi connectivity index (χ3n) is 3.80. The molecule has 1 unspecified atom stereocenters. The molecule has 7 heteroatoms. The van der Waals surface area contributed by atoms with Crippen molar-refractivity contribution < 1.29 is 12.8 Å². The minimum absolute atomic E-state index is 0.0195. The Kier molecular flexibility index (Phi) is 4.43. The summed E-state index contributed by atoms with van der Waals surface area (Å²) >= 11 is 0. The normalized spacial score (nSPS) is 22.1. The highest BCUT2D eigenvalue weighted by molar-refractivity contribution is 7.89. The molecule has 1 aromatic carbocycles. The van der Waals surface area contributed by atoms with Crippen molar-refractivity contribution in [3.8, 4) is 0 Å². The van der Waals surface area contributed by atoms with Gasteiger partial charge in [-0.15, -0.1) is 0 Å². The number of benzene rings is 1. The highest BCUT2D eigenvalue weighted by Crippen LogP contribution is 2.21. The Balaban J connectivity index is 2.31. The minimum atomic E-state index is -3.58. The van der Waals surface area contributed by atoms with Crippen LogP contribution < -0.4 is 5.73 Å². The van der Waals surface area contributed by atoms with E-state index >= 15 is 0 Å². The highest BCUT2D eigenvalue weighted by atomic mass is 32.2. The van der Waals surface area contributed by atoms with E-state index in [1.165, 1.54) is 16.4 Å². The molecule has 2 N–H and O–H groups in total. The van der Waals surface area contributed by atoms with Gasteiger partial charge in [-0.2, -0.15) is 4.31 Å². The van der Waals surface area contributed by atoms with E-state index < -0.39 is 15.8 Å². The summed E-state index contributed by atoms with van der Waals surface area (Å²) in [4.78, 5) is 2.22. The van der Waals surface area contributed by atoms with E-state index in [-0.39, 0.29) is 23.0 Å². The Bertz CT molecular complexity index is 591. The van der Waals surface area contributed by atoms with Crippen molar-refractivity contribution in [3.63, 3.8) is 0 Å². The molecule has 2 rings (SSSR count). The zero-order chi connectivity index (χ0) is 14.9. The number of sulfonamides is 1. The van der Waals surface area contributed by atoms with Gasteiger partial charge in [0, 0.05) is 37.8 Å². The van der Waals surface area contributed by atoms with Crippen molar-refractivity contribution >= 4 is 10.0 Å². The van der Waals surface area contributed by atoms with Gasteiger partial charge in [-0.25, -0.2) is 12.8 Å². The maximum Gasteiger partial charge on any atom is 0.243 e. The third kappa shape index (κ3) is 2.85. The molecular formula is C13H20FN3O2S. The predicted molar refractivity (Wildman–Crippen MR) is 75.1 cm³/mol. The fraction of sp³-hybridized carbons (Fsp3) is 0.538. The second kappa shape index (κ2) is 5.77. The maximum absolute atomic E-state index is 13.4. The quantitative estimate of drug-likeness (QED) is 0.888. The van der Waals surface area contributed by atoms with Crippen LogP contribution in [0.1, 0.15) is 12.5 Å². The van der Waals surface area contributed by atoms with Crippen molar-refractivity contribution in [1.82, 2.24) is 9.21 Å². The number of hydrogen-bond acceptors (Lipinski definition) is 4. The molecule has 0 bridgehead atoms. The summed E-state index contributed by atoms with van der Waals surface area (Å²) in [6, 6.07) is 3.95.